The van der Waals surface area contributed by atoms with E-state index in [9.17, 15) is 0 Å². The summed E-state index contributed by atoms with van der Waals surface area (Å²) in [5.74, 6) is 0. The molecule has 0 bridgehead atoms. The first-order valence-corrected chi connectivity index (χ1v) is 5.04. The number of nitrogens with zero attached hydrogens (tertiary/aromatic N) is 1. The molecule has 2 aromatic rings. The minimum atomic E-state index is 0.483. The van der Waals surface area contributed by atoms with E-state index in [0.717, 1.165) is 15.3 Å². The molecule has 0 fully saturated rings. The molecule has 0 radical (unpaired) electrons. The third-order valence-corrected chi connectivity index (χ3v) is 3.13. The number of thiophene rings is 1. The van der Waals surface area contributed by atoms with Crippen LogP contribution in [0.4, 0.5) is 0 Å². The predicted octanol–water partition coefficient (Wildman–Crippen LogP) is 3.62. The molecule has 0 amide bonds. The molecule has 0 unspecified atom stereocenters. The molecule has 1 aromatic heterocycles. The predicted molar refractivity (Wildman–Crippen MR) is 56.2 cm³/mol. The molecular weight excluding hydrogens is 202 g/mol. The lowest BCUT2D eigenvalue weighted by atomic mass is 10.2. The maximum absolute atomic E-state index is 8.53. The maximum Gasteiger partial charge on any atom is 0.0696 e. The molecule has 64 valence electrons. The minimum absolute atomic E-state index is 0.483. The van der Waals surface area contributed by atoms with Crippen molar-refractivity contribution in [1.82, 2.24) is 0 Å². The van der Waals surface area contributed by atoms with Crippen molar-refractivity contribution in [2.24, 2.45) is 0 Å². The molecule has 0 atom stereocenters. The number of hydrogen-bond donors (Lipinski definition) is 0. The fraction of sp³-hybridized carbons (Fsp3) is 0.100. The smallest absolute Gasteiger partial charge is 0.0696 e. The van der Waals surface area contributed by atoms with E-state index in [1.807, 2.05) is 24.3 Å². The number of hydrogen-bond acceptors (Lipinski definition) is 2. The molecule has 0 saturated heterocycles. The van der Waals surface area contributed by atoms with Crippen LogP contribution in [0.25, 0.3) is 10.1 Å². The fourth-order valence-corrected chi connectivity index (χ4v) is 2.39. The number of nitriles is 1. The minimum Gasteiger partial charge on any atom is -0.198 e. The first kappa shape index (κ1) is 8.55. The van der Waals surface area contributed by atoms with Gasteiger partial charge >= 0.3 is 0 Å². The Kier molecular flexibility index (Phi) is 2.22. The average Bonchev–Trinajstić information content (AvgIpc) is 2.46. The van der Waals surface area contributed by atoms with Gasteiger partial charge in [0.05, 0.1) is 12.5 Å². The lowest BCUT2D eigenvalue weighted by Gasteiger charge is -1.88. The average molecular weight is 208 g/mol. The zero-order valence-corrected chi connectivity index (χ0v) is 8.32. The van der Waals surface area contributed by atoms with Gasteiger partial charge in [0, 0.05) is 14.6 Å². The molecule has 13 heavy (non-hydrogen) atoms. The summed E-state index contributed by atoms with van der Waals surface area (Å²) in [5, 5.41) is 10.4. The summed E-state index contributed by atoms with van der Waals surface area (Å²) in [5.41, 5.74) is 0. The lowest BCUT2D eigenvalue weighted by Crippen LogP contribution is -1.68. The molecule has 3 heteroatoms. The second-order valence-corrected chi connectivity index (χ2v) is 4.33. The Labute approximate surface area is 85.2 Å². The number of halogens is 1. The van der Waals surface area contributed by atoms with Crippen LogP contribution in [0.5, 0.6) is 0 Å². The van der Waals surface area contributed by atoms with Crippen LogP contribution in [0.15, 0.2) is 24.3 Å². The maximum atomic E-state index is 8.53. The molecule has 2 rings (SSSR count). The quantitative estimate of drug-likeness (QED) is 0.701. The summed E-state index contributed by atoms with van der Waals surface area (Å²) >= 11 is 7.49. The summed E-state index contributed by atoms with van der Waals surface area (Å²) in [6.45, 7) is 0. The van der Waals surface area contributed by atoms with Crippen molar-refractivity contribution in [3.8, 4) is 6.07 Å². The standard InChI is InChI=1S/C10H6ClNS/c11-8-1-2-10-7(5-8)6-9(13-10)3-4-12/h1-2,5-6H,3H2. The molecule has 1 heterocycles. The zero-order valence-electron chi connectivity index (χ0n) is 6.75. The van der Waals surface area contributed by atoms with Crippen molar-refractivity contribution in [1.29, 1.82) is 5.26 Å². The molecule has 1 nitrogen and oxygen atoms in total. The van der Waals surface area contributed by atoms with Gasteiger partial charge in [0.15, 0.2) is 0 Å². The fourth-order valence-electron chi connectivity index (χ4n) is 1.23. The summed E-state index contributed by atoms with van der Waals surface area (Å²) in [7, 11) is 0. The monoisotopic (exact) mass is 207 g/mol. The Morgan fingerprint density at radius 1 is 1.38 bits per heavy atom. The van der Waals surface area contributed by atoms with E-state index >= 15 is 0 Å². The molecule has 0 N–H and O–H groups in total. The number of fused-ring (bicyclic) bond motifs is 1. The van der Waals surface area contributed by atoms with Gasteiger partial charge in [0.2, 0.25) is 0 Å². The van der Waals surface area contributed by atoms with Gasteiger partial charge in [-0.25, -0.2) is 0 Å². The largest absolute Gasteiger partial charge is 0.198 e. The molecule has 0 spiro atoms. The van der Waals surface area contributed by atoms with Crippen molar-refractivity contribution in [3.63, 3.8) is 0 Å². The van der Waals surface area contributed by atoms with E-state index in [2.05, 4.69) is 6.07 Å². The lowest BCUT2D eigenvalue weighted by molar-refractivity contribution is 1.32. The highest BCUT2D eigenvalue weighted by atomic mass is 35.5. The summed E-state index contributed by atoms with van der Waals surface area (Å²) in [6.07, 6.45) is 0.483. The van der Waals surface area contributed by atoms with E-state index < -0.39 is 0 Å². The third kappa shape index (κ3) is 1.67. The first-order valence-electron chi connectivity index (χ1n) is 3.84. The topological polar surface area (TPSA) is 23.8 Å². The SMILES string of the molecule is N#CCc1cc2cc(Cl)ccc2s1. The van der Waals surface area contributed by atoms with Gasteiger partial charge in [0.25, 0.3) is 0 Å². The van der Waals surface area contributed by atoms with Crippen LogP contribution >= 0.6 is 22.9 Å². The molecular formula is C10H6ClNS. The van der Waals surface area contributed by atoms with E-state index in [0.29, 0.717) is 6.42 Å². The third-order valence-electron chi connectivity index (χ3n) is 1.78. The zero-order chi connectivity index (χ0) is 9.26. The second-order valence-electron chi connectivity index (χ2n) is 2.73. The summed E-state index contributed by atoms with van der Waals surface area (Å²) < 4.78 is 1.19. The Morgan fingerprint density at radius 2 is 2.23 bits per heavy atom. The summed E-state index contributed by atoms with van der Waals surface area (Å²) in [4.78, 5) is 1.10. The van der Waals surface area contributed by atoms with Gasteiger partial charge < -0.3 is 0 Å². The Balaban J connectivity index is 2.57. The van der Waals surface area contributed by atoms with Gasteiger partial charge in [-0.15, -0.1) is 11.3 Å². The van der Waals surface area contributed by atoms with Crippen LogP contribution < -0.4 is 0 Å². The highest BCUT2D eigenvalue weighted by Crippen LogP contribution is 2.28. The van der Waals surface area contributed by atoms with Crippen molar-refractivity contribution >= 4 is 33.0 Å². The van der Waals surface area contributed by atoms with E-state index in [1.54, 1.807) is 11.3 Å². The van der Waals surface area contributed by atoms with Gasteiger partial charge in [-0.05, 0) is 29.7 Å². The highest BCUT2D eigenvalue weighted by Gasteiger charge is 2.01. The summed E-state index contributed by atoms with van der Waals surface area (Å²) in [6, 6.07) is 9.95. The van der Waals surface area contributed by atoms with Crippen LogP contribution in [0.1, 0.15) is 4.88 Å². The first-order chi connectivity index (χ1) is 6.29. The number of rotatable bonds is 1. The molecule has 0 aliphatic carbocycles. The molecule has 0 aliphatic heterocycles. The van der Waals surface area contributed by atoms with E-state index in [-0.39, 0.29) is 0 Å². The van der Waals surface area contributed by atoms with Gasteiger partial charge in [-0.3, -0.25) is 0 Å². The van der Waals surface area contributed by atoms with Crippen molar-refractivity contribution in [2.75, 3.05) is 0 Å². The molecule has 1 aromatic carbocycles. The van der Waals surface area contributed by atoms with Crippen molar-refractivity contribution in [3.05, 3.63) is 34.2 Å². The van der Waals surface area contributed by atoms with Crippen LogP contribution in [-0.4, -0.2) is 0 Å². The Morgan fingerprint density at radius 3 is 3.00 bits per heavy atom. The van der Waals surface area contributed by atoms with Crippen molar-refractivity contribution < 1.29 is 0 Å². The Bertz CT molecular complexity index is 481. The van der Waals surface area contributed by atoms with E-state index in [1.165, 1.54) is 4.70 Å². The van der Waals surface area contributed by atoms with Gasteiger partial charge in [0.1, 0.15) is 0 Å². The molecule has 0 saturated carbocycles. The van der Waals surface area contributed by atoms with Crippen molar-refractivity contribution in [2.45, 2.75) is 6.42 Å². The normalized spacial score (nSPS) is 10.2. The number of benzene rings is 1. The van der Waals surface area contributed by atoms with Crippen LogP contribution in [0.3, 0.4) is 0 Å². The van der Waals surface area contributed by atoms with Crippen LogP contribution in [0, 0.1) is 11.3 Å². The van der Waals surface area contributed by atoms with E-state index in [4.69, 9.17) is 16.9 Å². The van der Waals surface area contributed by atoms with Gasteiger partial charge in [-0.1, -0.05) is 11.6 Å². The van der Waals surface area contributed by atoms with Crippen LogP contribution in [-0.2, 0) is 6.42 Å². The highest BCUT2D eigenvalue weighted by molar-refractivity contribution is 7.19. The second kappa shape index (κ2) is 3.37. The van der Waals surface area contributed by atoms with Gasteiger partial charge in [-0.2, -0.15) is 5.26 Å². The van der Waals surface area contributed by atoms with Crippen LogP contribution in [0.2, 0.25) is 5.02 Å². The molecule has 0 aliphatic rings. The Hall–Kier alpha value is -1.04.